The number of nitrogens with one attached hydrogen (secondary N) is 1. The summed E-state index contributed by atoms with van der Waals surface area (Å²) in [5, 5.41) is 10.7. The van der Waals surface area contributed by atoms with Crippen molar-refractivity contribution < 1.29 is 19.4 Å². The van der Waals surface area contributed by atoms with Crippen molar-refractivity contribution in [2.24, 2.45) is 0 Å². The predicted molar refractivity (Wildman–Crippen MR) is 50.8 cm³/mol. The van der Waals surface area contributed by atoms with Crippen molar-refractivity contribution in [3.8, 4) is 0 Å². The molecule has 0 rings (SSSR count). The van der Waals surface area contributed by atoms with E-state index in [4.69, 9.17) is 9.84 Å². The van der Waals surface area contributed by atoms with Crippen LogP contribution in [-0.4, -0.2) is 22.8 Å². The van der Waals surface area contributed by atoms with E-state index in [2.05, 4.69) is 5.32 Å². The van der Waals surface area contributed by atoms with Gasteiger partial charge in [0.15, 0.2) is 0 Å². The largest absolute Gasteiger partial charge is 0.477 e. The predicted octanol–water partition coefficient (Wildman–Crippen LogP) is 1.50. The molecule has 1 amide bonds. The molecule has 2 N–H and O–H groups in total. The van der Waals surface area contributed by atoms with Crippen molar-refractivity contribution in [2.45, 2.75) is 33.3 Å². The molecule has 0 fully saturated rings. The number of allylic oxidation sites excluding steroid dienone is 1. The van der Waals surface area contributed by atoms with Gasteiger partial charge in [-0.25, -0.2) is 9.59 Å². The van der Waals surface area contributed by atoms with E-state index in [0.29, 0.717) is 0 Å². The molecule has 0 bridgehead atoms. The van der Waals surface area contributed by atoms with Crippen LogP contribution < -0.4 is 5.32 Å². The molecule has 0 aliphatic carbocycles. The van der Waals surface area contributed by atoms with Crippen LogP contribution in [0.1, 0.15) is 27.7 Å². The lowest BCUT2D eigenvalue weighted by molar-refractivity contribution is -0.133. The van der Waals surface area contributed by atoms with E-state index >= 15 is 0 Å². The molecule has 0 spiro atoms. The van der Waals surface area contributed by atoms with Crippen molar-refractivity contribution in [2.75, 3.05) is 0 Å². The summed E-state index contributed by atoms with van der Waals surface area (Å²) in [6.45, 7) is 6.61. The van der Waals surface area contributed by atoms with Gasteiger partial charge in [0.1, 0.15) is 11.3 Å². The summed E-state index contributed by atoms with van der Waals surface area (Å²) in [6, 6.07) is 0. The van der Waals surface area contributed by atoms with Gasteiger partial charge >= 0.3 is 12.1 Å². The van der Waals surface area contributed by atoms with Crippen LogP contribution >= 0.6 is 0 Å². The Balaban J connectivity index is 4.26. The molecule has 0 aromatic carbocycles. The summed E-state index contributed by atoms with van der Waals surface area (Å²) in [4.78, 5) is 21.6. The Hall–Kier alpha value is -1.52. The molecule has 0 aliphatic rings. The summed E-state index contributed by atoms with van der Waals surface area (Å²) in [7, 11) is 0. The van der Waals surface area contributed by atoms with Gasteiger partial charge in [0.2, 0.25) is 0 Å². The molecule has 0 radical (unpaired) electrons. The number of amides is 1. The molecule has 0 heterocycles. The second kappa shape index (κ2) is 4.64. The van der Waals surface area contributed by atoms with Crippen LogP contribution in [0.3, 0.4) is 0 Å². The second-order valence-electron chi connectivity index (χ2n) is 3.63. The first-order valence-electron chi connectivity index (χ1n) is 4.16. The molecule has 5 heteroatoms. The van der Waals surface area contributed by atoms with Crippen LogP contribution in [0.5, 0.6) is 0 Å². The molecule has 0 aromatic heterocycles. The normalized spacial score (nSPS) is 12.1. The summed E-state index contributed by atoms with van der Waals surface area (Å²) >= 11 is 0. The first-order valence-corrected chi connectivity index (χ1v) is 4.16. The van der Waals surface area contributed by atoms with E-state index in [0.717, 1.165) is 0 Å². The number of carboxylic acids is 1. The third-order valence-electron chi connectivity index (χ3n) is 1.15. The van der Waals surface area contributed by atoms with Crippen molar-refractivity contribution in [3.05, 3.63) is 11.8 Å². The van der Waals surface area contributed by atoms with Crippen molar-refractivity contribution >= 4 is 12.1 Å². The van der Waals surface area contributed by atoms with Gasteiger partial charge in [0.05, 0.1) is 0 Å². The second-order valence-corrected chi connectivity index (χ2v) is 3.63. The standard InChI is InChI=1S/C9H15NO4/c1-5-6(7(11)12)10-8(13)14-9(2,3)4/h5H,1-4H3,(H,10,13)(H,11,12)/b6-5+. The number of hydrogen-bond acceptors (Lipinski definition) is 3. The summed E-state index contributed by atoms with van der Waals surface area (Å²) in [6.07, 6.45) is 0.514. The third-order valence-corrected chi connectivity index (χ3v) is 1.15. The van der Waals surface area contributed by atoms with Crippen LogP contribution in [0.25, 0.3) is 0 Å². The van der Waals surface area contributed by atoms with Crippen molar-refractivity contribution in [3.63, 3.8) is 0 Å². The minimum Gasteiger partial charge on any atom is -0.477 e. The van der Waals surface area contributed by atoms with Crippen molar-refractivity contribution in [1.82, 2.24) is 5.32 Å². The maximum atomic E-state index is 11.1. The number of ether oxygens (including phenoxy) is 1. The topological polar surface area (TPSA) is 75.6 Å². The highest BCUT2D eigenvalue weighted by atomic mass is 16.6. The summed E-state index contributed by atoms with van der Waals surface area (Å²) < 4.78 is 4.87. The first-order chi connectivity index (χ1) is 6.26. The lowest BCUT2D eigenvalue weighted by atomic mass is 10.2. The van der Waals surface area contributed by atoms with Crippen LogP contribution in [0.4, 0.5) is 4.79 Å². The highest BCUT2D eigenvalue weighted by Gasteiger charge is 2.18. The molecule has 0 atom stereocenters. The highest BCUT2D eigenvalue weighted by Crippen LogP contribution is 2.07. The van der Waals surface area contributed by atoms with E-state index in [-0.39, 0.29) is 5.70 Å². The van der Waals surface area contributed by atoms with Gasteiger partial charge in [0.25, 0.3) is 0 Å². The molecule has 14 heavy (non-hydrogen) atoms. The molecule has 0 saturated carbocycles. The fourth-order valence-corrected chi connectivity index (χ4v) is 0.663. The Labute approximate surface area is 82.7 Å². The lowest BCUT2D eigenvalue weighted by Crippen LogP contribution is -2.34. The molecule has 0 unspecified atom stereocenters. The lowest BCUT2D eigenvalue weighted by Gasteiger charge is -2.19. The number of alkyl carbamates (subject to hydrolysis) is 1. The van der Waals surface area contributed by atoms with Crippen LogP contribution in [0.15, 0.2) is 11.8 Å². The molecular weight excluding hydrogens is 186 g/mol. The zero-order chi connectivity index (χ0) is 11.4. The quantitative estimate of drug-likeness (QED) is 0.664. The molecular formula is C9H15NO4. The molecule has 0 saturated heterocycles. The van der Waals surface area contributed by atoms with Gasteiger partial charge in [0, 0.05) is 0 Å². The van der Waals surface area contributed by atoms with Gasteiger partial charge < -0.3 is 9.84 Å². The zero-order valence-corrected chi connectivity index (χ0v) is 8.75. The van der Waals surface area contributed by atoms with Crippen LogP contribution in [-0.2, 0) is 9.53 Å². The SMILES string of the molecule is C/C=C(/NC(=O)OC(C)(C)C)C(=O)O. The van der Waals surface area contributed by atoms with E-state index < -0.39 is 17.7 Å². The van der Waals surface area contributed by atoms with Crippen molar-refractivity contribution in [1.29, 1.82) is 0 Å². The molecule has 0 aromatic rings. The number of hydrogen-bond donors (Lipinski definition) is 2. The van der Waals surface area contributed by atoms with E-state index in [1.54, 1.807) is 20.8 Å². The maximum absolute atomic E-state index is 11.1. The number of carbonyl (C=O) groups excluding carboxylic acids is 1. The van der Waals surface area contributed by atoms with E-state index in [1.165, 1.54) is 13.0 Å². The van der Waals surface area contributed by atoms with E-state index in [9.17, 15) is 9.59 Å². The fraction of sp³-hybridized carbons (Fsp3) is 0.556. The number of aliphatic carboxylic acids is 1. The number of carboxylic acid groups (broad SMARTS) is 1. The van der Waals surface area contributed by atoms with Gasteiger partial charge in [-0.3, -0.25) is 5.32 Å². The number of rotatable bonds is 2. The molecule has 5 nitrogen and oxygen atoms in total. The summed E-state index contributed by atoms with van der Waals surface area (Å²) in [5.74, 6) is -1.20. The average Bonchev–Trinajstić information content (AvgIpc) is 1.96. The first kappa shape index (κ1) is 12.5. The Morgan fingerprint density at radius 2 is 1.86 bits per heavy atom. The minimum atomic E-state index is -1.20. The van der Waals surface area contributed by atoms with Gasteiger partial charge in [-0.05, 0) is 27.7 Å². The third kappa shape index (κ3) is 5.18. The molecule has 80 valence electrons. The fourth-order valence-electron chi connectivity index (χ4n) is 0.663. The Morgan fingerprint density at radius 1 is 1.36 bits per heavy atom. The zero-order valence-electron chi connectivity index (χ0n) is 8.75. The van der Waals surface area contributed by atoms with Crippen LogP contribution in [0, 0.1) is 0 Å². The Bertz CT molecular complexity index is 262. The minimum absolute atomic E-state index is 0.195. The molecule has 0 aliphatic heterocycles. The average molecular weight is 201 g/mol. The van der Waals surface area contributed by atoms with Gasteiger partial charge in [-0.2, -0.15) is 0 Å². The van der Waals surface area contributed by atoms with Gasteiger partial charge in [-0.15, -0.1) is 0 Å². The number of carbonyl (C=O) groups is 2. The monoisotopic (exact) mass is 201 g/mol. The maximum Gasteiger partial charge on any atom is 0.412 e. The van der Waals surface area contributed by atoms with Crippen LogP contribution in [0.2, 0.25) is 0 Å². The van der Waals surface area contributed by atoms with E-state index in [1.807, 2.05) is 0 Å². The summed E-state index contributed by atoms with van der Waals surface area (Å²) in [5.41, 5.74) is -0.833. The Kier molecular flexibility index (Phi) is 4.14. The smallest absolute Gasteiger partial charge is 0.412 e. The Morgan fingerprint density at radius 3 is 2.14 bits per heavy atom. The van der Waals surface area contributed by atoms with Gasteiger partial charge in [-0.1, -0.05) is 6.08 Å². The highest BCUT2D eigenvalue weighted by molar-refractivity contribution is 5.90.